The van der Waals surface area contributed by atoms with Gasteiger partial charge in [0.2, 0.25) is 0 Å². The summed E-state index contributed by atoms with van der Waals surface area (Å²) in [5.74, 6) is 1.65. The van der Waals surface area contributed by atoms with Crippen molar-refractivity contribution in [3.63, 3.8) is 0 Å². The largest absolute Gasteiger partial charge is 0.393 e. The Hall–Kier alpha value is -2.45. The van der Waals surface area contributed by atoms with Gasteiger partial charge < -0.3 is 9.67 Å². The van der Waals surface area contributed by atoms with Gasteiger partial charge in [0.25, 0.3) is 0 Å². The summed E-state index contributed by atoms with van der Waals surface area (Å²) in [6, 6.07) is 2.66. The van der Waals surface area contributed by atoms with Crippen molar-refractivity contribution in [1.82, 2.24) is 14.5 Å². The number of aliphatic hydroxyl groups excluding tert-OH is 1. The first kappa shape index (κ1) is 25.2. The number of allylic oxidation sites excluding steroid dienone is 3. The fourth-order valence-corrected chi connectivity index (χ4v) is 4.94. The fourth-order valence-electron chi connectivity index (χ4n) is 4.94. The van der Waals surface area contributed by atoms with Gasteiger partial charge in [-0.1, -0.05) is 31.6 Å². The molecule has 178 valence electrons. The van der Waals surface area contributed by atoms with E-state index in [1.165, 1.54) is 18.4 Å². The molecule has 0 radical (unpaired) electrons. The number of aliphatic hydroxyl groups is 1. The van der Waals surface area contributed by atoms with Gasteiger partial charge in [-0.2, -0.15) is 5.26 Å². The van der Waals surface area contributed by atoms with Crippen LogP contribution in [0.15, 0.2) is 23.9 Å². The van der Waals surface area contributed by atoms with Crippen LogP contribution in [-0.2, 0) is 0 Å². The van der Waals surface area contributed by atoms with Crippen LogP contribution in [0.2, 0.25) is 0 Å². The number of fused-ring (bicyclic) bond motifs is 1. The van der Waals surface area contributed by atoms with Crippen LogP contribution in [0.5, 0.6) is 0 Å². The maximum atomic E-state index is 10.4. The summed E-state index contributed by atoms with van der Waals surface area (Å²) in [5, 5.41) is 19.2. The summed E-state index contributed by atoms with van der Waals surface area (Å²) in [6.07, 6.45) is 16.3. The van der Waals surface area contributed by atoms with E-state index in [0.29, 0.717) is 12.5 Å². The third-order valence-corrected chi connectivity index (χ3v) is 7.44. The first-order valence-electron chi connectivity index (χ1n) is 12.6. The molecule has 1 aliphatic carbocycles. The lowest BCUT2D eigenvalue weighted by atomic mass is 9.82. The molecule has 1 saturated carbocycles. The molecule has 2 heterocycles. The second kappa shape index (κ2) is 11.6. The van der Waals surface area contributed by atoms with Crippen LogP contribution in [-0.4, -0.2) is 25.7 Å². The highest BCUT2D eigenvalue weighted by atomic mass is 16.3. The van der Waals surface area contributed by atoms with Gasteiger partial charge in [0.05, 0.1) is 29.6 Å². The number of rotatable bonds is 9. The Balaban J connectivity index is 1.97. The normalized spacial score (nSPS) is 21.4. The first-order valence-corrected chi connectivity index (χ1v) is 12.6. The van der Waals surface area contributed by atoms with Crippen molar-refractivity contribution in [3.8, 4) is 6.07 Å². The Labute approximate surface area is 199 Å². The summed E-state index contributed by atoms with van der Waals surface area (Å²) in [6.45, 7) is 10.4. The molecule has 1 aliphatic rings. The number of nitriles is 1. The minimum absolute atomic E-state index is 0.0423. The molecule has 0 bridgehead atoms. The van der Waals surface area contributed by atoms with Gasteiger partial charge >= 0.3 is 0 Å². The molecular weight excluding hydrogens is 408 g/mol. The van der Waals surface area contributed by atoms with Crippen LogP contribution in [0.25, 0.3) is 17.1 Å². The lowest BCUT2D eigenvalue weighted by Gasteiger charge is -2.32. The molecular formula is C28H40N4O. The molecule has 5 nitrogen and oxygen atoms in total. The smallest absolute Gasteiger partial charge is 0.115 e. The molecule has 0 aliphatic heterocycles. The molecule has 3 rings (SSSR count). The van der Waals surface area contributed by atoms with Crippen LogP contribution < -0.4 is 0 Å². The maximum Gasteiger partial charge on any atom is 0.115 e. The van der Waals surface area contributed by atoms with E-state index in [-0.39, 0.29) is 5.92 Å². The highest BCUT2D eigenvalue weighted by molar-refractivity contribution is 5.82. The predicted molar refractivity (Wildman–Crippen MR) is 136 cm³/mol. The van der Waals surface area contributed by atoms with E-state index >= 15 is 0 Å². The lowest BCUT2D eigenvalue weighted by Crippen LogP contribution is -2.23. The number of imidazole rings is 1. The standard InChI is InChI=1S/C28H40N4O/c1-6-19(2)10-9-12-25-21(4)27-26(18-30-25)31-28(20(3)22(5)33)32(27)24-15-13-23(14-16-24)11-7-8-17-29/h9-10,12,18,20,22-24,33H,6-8,11,13-16H2,1-5H3. The van der Waals surface area contributed by atoms with Crippen LogP contribution in [0.4, 0.5) is 0 Å². The average molecular weight is 449 g/mol. The van der Waals surface area contributed by atoms with E-state index in [1.54, 1.807) is 0 Å². The molecule has 2 aromatic heterocycles. The molecule has 2 unspecified atom stereocenters. The topological polar surface area (TPSA) is 74.7 Å². The van der Waals surface area contributed by atoms with Crippen LogP contribution in [0.3, 0.4) is 0 Å². The number of hydrogen-bond donors (Lipinski definition) is 1. The minimum Gasteiger partial charge on any atom is -0.393 e. The summed E-state index contributed by atoms with van der Waals surface area (Å²) < 4.78 is 2.43. The molecule has 2 aromatic rings. The van der Waals surface area contributed by atoms with Crippen molar-refractivity contribution < 1.29 is 5.11 Å². The predicted octanol–water partition coefficient (Wildman–Crippen LogP) is 7.02. The summed E-state index contributed by atoms with van der Waals surface area (Å²) in [4.78, 5) is 9.69. The number of hydrogen-bond acceptors (Lipinski definition) is 4. The van der Waals surface area contributed by atoms with Gasteiger partial charge in [-0.15, -0.1) is 0 Å². The minimum atomic E-state index is -0.460. The average Bonchev–Trinajstić information content (AvgIpc) is 3.20. The van der Waals surface area contributed by atoms with E-state index in [4.69, 9.17) is 15.2 Å². The van der Waals surface area contributed by atoms with E-state index in [2.05, 4.69) is 56.6 Å². The lowest BCUT2D eigenvalue weighted by molar-refractivity contribution is 0.160. The maximum absolute atomic E-state index is 10.4. The van der Waals surface area contributed by atoms with Crippen molar-refractivity contribution in [2.45, 2.75) is 104 Å². The van der Waals surface area contributed by atoms with E-state index in [1.807, 2.05) is 13.1 Å². The van der Waals surface area contributed by atoms with Crippen LogP contribution in [0, 0.1) is 24.2 Å². The molecule has 5 heteroatoms. The summed E-state index contributed by atoms with van der Waals surface area (Å²) in [7, 11) is 0. The summed E-state index contributed by atoms with van der Waals surface area (Å²) >= 11 is 0. The number of aryl methyl sites for hydroxylation is 1. The van der Waals surface area contributed by atoms with Crippen molar-refractivity contribution in [1.29, 1.82) is 5.26 Å². The highest BCUT2D eigenvalue weighted by Crippen LogP contribution is 2.39. The van der Waals surface area contributed by atoms with Crippen molar-refractivity contribution >= 4 is 17.1 Å². The fraction of sp³-hybridized carbons (Fsp3) is 0.607. The van der Waals surface area contributed by atoms with Gasteiger partial charge in [0, 0.05) is 23.9 Å². The number of unbranched alkanes of at least 4 members (excludes halogenated alkanes) is 1. The molecule has 1 N–H and O–H groups in total. The Morgan fingerprint density at radius 3 is 2.67 bits per heavy atom. The van der Waals surface area contributed by atoms with Gasteiger partial charge in [-0.05, 0) is 77.7 Å². The third kappa shape index (κ3) is 5.92. The zero-order valence-corrected chi connectivity index (χ0v) is 21.0. The molecule has 2 atom stereocenters. The zero-order chi connectivity index (χ0) is 24.0. The number of pyridine rings is 1. The van der Waals surface area contributed by atoms with Crippen molar-refractivity contribution in [2.24, 2.45) is 5.92 Å². The monoisotopic (exact) mass is 448 g/mol. The Kier molecular flexibility index (Phi) is 8.86. The second-order valence-electron chi connectivity index (χ2n) is 9.82. The Morgan fingerprint density at radius 1 is 1.30 bits per heavy atom. The van der Waals surface area contributed by atoms with Gasteiger partial charge in [-0.3, -0.25) is 4.98 Å². The molecule has 0 aromatic carbocycles. The van der Waals surface area contributed by atoms with Crippen LogP contribution >= 0.6 is 0 Å². The molecule has 33 heavy (non-hydrogen) atoms. The van der Waals surface area contributed by atoms with Gasteiger partial charge in [0.1, 0.15) is 11.3 Å². The Bertz CT molecular complexity index is 1030. The highest BCUT2D eigenvalue weighted by Gasteiger charge is 2.29. The van der Waals surface area contributed by atoms with E-state index in [9.17, 15) is 5.11 Å². The van der Waals surface area contributed by atoms with Crippen molar-refractivity contribution in [3.05, 3.63) is 41.0 Å². The number of aromatic nitrogens is 3. The zero-order valence-electron chi connectivity index (χ0n) is 21.0. The van der Waals surface area contributed by atoms with Gasteiger partial charge in [-0.25, -0.2) is 4.98 Å². The Morgan fingerprint density at radius 2 is 2.03 bits per heavy atom. The summed E-state index contributed by atoms with van der Waals surface area (Å²) in [5.41, 5.74) is 5.55. The van der Waals surface area contributed by atoms with Gasteiger partial charge in [0.15, 0.2) is 0 Å². The second-order valence-corrected chi connectivity index (χ2v) is 9.82. The molecule has 0 spiro atoms. The molecule has 1 fully saturated rings. The SMILES string of the molecule is CCC(C)=CC=Cc1ncc2nc(C(C)C(C)O)n(C3CCC(CCCC#N)CC3)c2c1C. The van der Waals surface area contributed by atoms with Crippen molar-refractivity contribution in [2.75, 3.05) is 0 Å². The molecule has 0 amide bonds. The van der Waals surface area contributed by atoms with Crippen LogP contribution in [0.1, 0.15) is 108 Å². The first-order chi connectivity index (χ1) is 15.9. The van der Waals surface area contributed by atoms with E-state index < -0.39 is 6.10 Å². The molecule has 0 saturated heterocycles. The van der Waals surface area contributed by atoms with E-state index in [0.717, 1.165) is 66.1 Å². The number of nitrogens with zero attached hydrogens (tertiary/aromatic N) is 4. The quantitative estimate of drug-likeness (QED) is 0.330. The third-order valence-electron chi connectivity index (χ3n) is 7.44.